The molecule has 1 aromatic carbocycles. The van der Waals surface area contributed by atoms with Crippen molar-refractivity contribution >= 4 is 0 Å². The van der Waals surface area contributed by atoms with E-state index in [-0.39, 0.29) is 0 Å². The van der Waals surface area contributed by atoms with Gasteiger partial charge in [-0.25, -0.2) is 0 Å². The van der Waals surface area contributed by atoms with E-state index in [0.29, 0.717) is 0 Å². The second kappa shape index (κ2) is 5.85. The normalized spacial score (nSPS) is 14.3. The van der Waals surface area contributed by atoms with Crippen molar-refractivity contribution < 1.29 is 0 Å². The topological polar surface area (TPSA) is 0 Å². The molecule has 1 aromatic rings. The molecule has 1 aliphatic rings. The van der Waals surface area contributed by atoms with Crippen LogP contribution in [-0.2, 0) is 12.8 Å². The molecule has 1 aliphatic carbocycles. The van der Waals surface area contributed by atoms with Gasteiger partial charge < -0.3 is 0 Å². The van der Waals surface area contributed by atoms with Gasteiger partial charge in [0.1, 0.15) is 0 Å². The van der Waals surface area contributed by atoms with Crippen LogP contribution in [0.3, 0.4) is 0 Å². The Morgan fingerprint density at radius 2 is 1.21 bits per heavy atom. The van der Waals surface area contributed by atoms with E-state index in [1.54, 1.807) is 11.1 Å². The molecule has 0 aliphatic heterocycles. The summed E-state index contributed by atoms with van der Waals surface area (Å²) in [6.45, 7) is 6.50. The Morgan fingerprint density at radius 1 is 0.857 bits per heavy atom. The predicted molar refractivity (Wildman–Crippen MR) is 63.6 cm³/mol. The van der Waals surface area contributed by atoms with Gasteiger partial charge in [-0.05, 0) is 42.7 Å². The number of hydrogen-bond donors (Lipinski definition) is 0. The fourth-order valence-electron chi connectivity index (χ4n) is 1.68. The monoisotopic (exact) mass is 190 g/mol. The van der Waals surface area contributed by atoms with Crippen LogP contribution < -0.4 is 0 Å². The van der Waals surface area contributed by atoms with Crippen molar-refractivity contribution in [1.29, 1.82) is 0 Å². The molecule has 0 bridgehead atoms. The van der Waals surface area contributed by atoms with Gasteiger partial charge in [0.05, 0.1) is 0 Å². The van der Waals surface area contributed by atoms with Crippen molar-refractivity contribution in [3.05, 3.63) is 35.4 Å². The molecule has 0 unspecified atom stereocenters. The molecule has 0 aromatic heterocycles. The van der Waals surface area contributed by atoms with Crippen LogP contribution in [0.2, 0.25) is 0 Å². The summed E-state index contributed by atoms with van der Waals surface area (Å²) in [5.74, 6) is 0.833. The number of benzene rings is 1. The van der Waals surface area contributed by atoms with E-state index in [0.717, 1.165) is 5.92 Å². The zero-order valence-electron chi connectivity index (χ0n) is 9.72. The van der Waals surface area contributed by atoms with Crippen molar-refractivity contribution in [2.75, 3.05) is 0 Å². The van der Waals surface area contributed by atoms with Crippen LogP contribution in [0, 0.1) is 5.92 Å². The molecule has 0 amide bonds. The van der Waals surface area contributed by atoms with Gasteiger partial charge >= 0.3 is 0 Å². The van der Waals surface area contributed by atoms with E-state index in [1.807, 2.05) is 0 Å². The molecule has 0 heterocycles. The summed E-state index contributed by atoms with van der Waals surface area (Å²) in [6, 6.07) is 8.80. The van der Waals surface area contributed by atoms with Gasteiger partial charge in [0.15, 0.2) is 0 Å². The van der Waals surface area contributed by atoms with Gasteiger partial charge in [-0.2, -0.15) is 0 Å². The van der Waals surface area contributed by atoms with Crippen LogP contribution in [0.1, 0.15) is 44.7 Å². The molecule has 0 nitrogen and oxygen atoms in total. The number of rotatable bonds is 0. The van der Waals surface area contributed by atoms with Gasteiger partial charge in [0.25, 0.3) is 0 Å². The summed E-state index contributed by atoms with van der Waals surface area (Å²) in [5, 5.41) is 0. The zero-order valence-corrected chi connectivity index (χ0v) is 9.72. The summed E-state index contributed by atoms with van der Waals surface area (Å²) in [6.07, 6.45) is 5.38. The largest absolute Gasteiger partial charge is 0.0630 e. The molecular weight excluding hydrogens is 168 g/mol. The first-order chi connectivity index (χ1) is 6.70. The Hall–Kier alpha value is -0.780. The van der Waals surface area contributed by atoms with Crippen LogP contribution in [0.25, 0.3) is 0 Å². The quantitative estimate of drug-likeness (QED) is 0.574. The standard InChI is InChI=1S/C10H12.C4H10/c1-2-6-10-8-4-3-7-9(10)5-1;1-4(2)3/h1-2,5-6H,3-4,7-8H2;4H,1-3H3. The SMILES string of the molecule is CC(C)C.c1ccc2c(c1)CCCC2. The lowest BCUT2D eigenvalue weighted by Crippen LogP contribution is -2.00. The molecule has 2 rings (SSSR count). The average Bonchev–Trinajstić information content (AvgIpc) is 2.17. The van der Waals surface area contributed by atoms with Crippen molar-refractivity contribution in [3.63, 3.8) is 0 Å². The fraction of sp³-hybridized carbons (Fsp3) is 0.571. The Bertz CT molecular complexity index is 233. The number of fused-ring (bicyclic) bond motifs is 1. The maximum atomic E-state index is 2.26. The predicted octanol–water partition coefficient (Wildman–Crippen LogP) is 4.23. The summed E-state index contributed by atoms with van der Waals surface area (Å²) < 4.78 is 0. The van der Waals surface area contributed by atoms with E-state index in [4.69, 9.17) is 0 Å². The summed E-state index contributed by atoms with van der Waals surface area (Å²) in [5.41, 5.74) is 3.16. The van der Waals surface area contributed by atoms with Gasteiger partial charge in [0.2, 0.25) is 0 Å². The molecule has 0 saturated carbocycles. The first-order valence-corrected chi connectivity index (χ1v) is 5.77. The van der Waals surface area contributed by atoms with Gasteiger partial charge in [-0.15, -0.1) is 0 Å². The minimum atomic E-state index is 0.833. The smallest absolute Gasteiger partial charge is 0.0276 e. The first kappa shape index (κ1) is 11.3. The lowest BCUT2D eigenvalue weighted by molar-refractivity contribution is 0.685. The summed E-state index contributed by atoms with van der Waals surface area (Å²) in [4.78, 5) is 0. The Kier molecular flexibility index (Phi) is 4.72. The molecule has 0 saturated heterocycles. The maximum absolute atomic E-state index is 2.26. The first-order valence-electron chi connectivity index (χ1n) is 5.77. The van der Waals surface area contributed by atoms with E-state index >= 15 is 0 Å². The number of hydrogen-bond acceptors (Lipinski definition) is 0. The third-order valence-electron chi connectivity index (χ3n) is 2.26. The van der Waals surface area contributed by atoms with E-state index < -0.39 is 0 Å². The van der Waals surface area contributed by atoms with Crippen molar-refractivity contribution in [3.8, 4) is 0 Å². The Balaban J connectivity index is 0.000000213. The lowest BCUT2D eigenvalue weighted by Gasteiger charge is -2.13. The Labute approximate surface area is 88.4 Å². The van der Waals surface area contributed by atoms with Crippen molar-refractivity contribution in [2.45, 2.75) is 46.5 Å². The highest BCUT2D eigenvalue weighted by Crippen LogP contribution is 2.19. The second-order valence-electron chi connectivity index (χ2n) is 4.71. The Morgan fingerprint density at radius 3 is 1.57 bits per heavy atom. The van der Waals surface area contributed by atoms with E-state index in [1.165, 1.54) is 25.7 Å². The van der Waals surface area contributed by atoms with Crippen LogP contribution in [0.4, 0.5) is 0 Å². The van der Waals surface area contributed by atoms with Gasteiger partial charge in [-0.1, -0.05) is 45.0 Å². The average molecular weight is 190 g/mol. The van der Waals surface area contributed by atoms with Gasteiger partial charge in [-0.3, -0.25) is 0 Å². The summed E-state index contributed by atoms with van der Waals surface area (Å²) in [7, 11) is 0. The highest BCUT2D eigenvalue weighted by atomic mass is 14.1. The maximum Gasteiger partial charge on any atom is -0.0276 e. The van der Waals surface area contributed by atoms with Gasteiger partial charge in [0, 0.05) is 0 Å². The third kappa shape index (κ3) is 3.95. The van der Waals surface area contributed by atoms with Crippen molar-refractivity contribution in [2.24, 2.45) is 5.92 Å². The van der Waals surface area contributed by atoms with E-state index in [9.17, 15) is 0 Å². The third-order valence-corrected chi connectivity index (χ3v) is 2.26. The molecule has 0 atom stereocenters. The lowest BCUT2D eigenvalue weighted by atomic mass is 9.92. The van der Waals surface area contributed by atoms with Crippen molar-refractivity contribution in [1.82, 2.24) is 0 Å². The highest BCUT2D eigenvalue weighted by Gasteiger charge is 2.05. The van der Waals surface area contributed by atoms with Crippen LogP contribution >= 0.6 is 0 Å². The second-order valence-corrected chi connectivity index (χ2v) is 4.71. The molecule has 14 heavy (non-hydrogen) atoms. The van der Waals surface area contributed by atoms with Crippen LogP contribution in [0.15, 0.2) is 24.3 Å². The molecule has 0 spiro atoms. The molecule has 0 fully saturated rings. The molecular formula is C14H22. The highest BCUT2D eigenvalue weighted by molar-refractivity contribution is 5.28. The zero-order chi connectivity index (χ0) is 10.4. The molecule has 0 N–H and O–H groups in total. The minimum absolute atomic E-state index is 0.833. The molecule has 0 heteroatoms. The minimum Gasteiger partial charge on any atom is -0.0630 e. The van der Waals surface area contributed by atoms with E-state index in [2.05, 4.69) is 45.0 Å². The molecule has 0 radical (unpaired) electrons. The van der Waals surface area contributed by atoms with Crippen LogP contribution in [0.5, 0.6) is 0 Å². The molecule has 78 valence electrons. The summed E-state index contributed by atoms with van der Waals surface area (Å²) >= 11 is 0. The fourth-order valence-corrected chi connectivity index (χ4v) is 1.68. The van der Waals surface area contributed by atoms with Crippen LogP contribution in [-0.4, -0.2) is 0 Å². The number of aryl methyl sites for hydroxylation is 2.